The Balaban J connectivity index is 2.31. The first-order chi connectivity index (χ1) is 10.3. The molecule has 0 saturated heterocycles. The lowest BCUT2D eigenvalue weighted by atomic mass is 10.0. The maximum atomic E-state index is 10.7. The van der Waals surface area contributed by atoms with E-state index in [1.165, 1.54) is 0 Å². The third-order valence-electron chi connectivity index (χ3n) is 3.62. The molecule has 2 heterocycles. The van der Waals surface area contributed by atoms with Gasteiger partial charge in [0, 0.05) is 18.3 Å². The van der Waals surface area contributed by atoms with Gasteiger partial charge in [-0.15, -0.1) is 0 Å². The molecule has 2 aromatic rings. The molecule has 118 valence electrons. The summed E-state index contributed by atoms with van der Waals surface area (Å²) in [4.78, 5) is 18.1. The largest absolute Gasteiger partial charge is 0.378 e. The van der Waals surface area contributed by atoms with Gasteiger partial charge in [-0.05, 0) is 20.3 Å². The zero-order chi connectivity index (χ0) is 16.4. The standard InChI is InChI=1S/C13H19N7O2/c1-5-9(11-7(2)18-19(4)8(11)3)16-13-15-6-10(20(21)22)12(14)17-13/h6,9H,5H2,1-4H3,(H3,14,15,16,17). The fourth-order valence-electron chi connectivity index (χ4n) is 2.43. The Hall–Kier alpha value is -2.71. The second kappa shape index (κ2) is 5.96. The van der Waals surface area contributed by atoms with Crippen LogP contribution in [0.3, 0.4) is 0 Å². The summed E-state index contributed by atoms with van der Waals surface area (Å²) in [7, 11) is 1.89. The van der Waals surface area contributed by atoms with Crippen LogP contribution >= 0.6 is 0 Å². The molecule has 0 amide bonds. The number of nitrogens with two attached hydrogens (primary N) is 1. The molecule has 0 spiro atoms. The number of hydrogen-bond donors (Lipinski definition) is 2. The molecule has 9 nitrogen and oxygen atoms in total. The Labute approximate surface area is 127 Å². The van der Waals surface area contributed by atoms with Gasteiger partial charge in [0.05, 0.1) is 16.7 Å². The van der Waals surface area contributed by atoms with Gasteiger partial charge in [-0.2, -0.15) is 10.1 Å². The van der Waals surface area contributed by atoms with Crippen molar-refractivity contribution in [2.75, 3.05) is 11.1 Å². The van der Waals surface area contributed by atoms with E-state index in [9.17, 15) is 10.1 Å². The summed E-state index contributed by atoms with van der Waals surface area (Å²) >= 11 is 0. The van der Waals surface area contributed by atoms with Gasteiger partial charge in [-0.1, -0.05) is 6.92 Å². The predicted octanol–water partition coefficient (Wildman–Crippen LogP) is 1.88. The zero-order valence-corrected chi connectivity index (χ0v) is 13.0. The van der Waals surface area contributed by atoms with E-state index in [0.29, 0.717) is 0 Å². The van der Waals surface area contributed by atoms with E-state index in [1.807, 2.05) is 32.5 Å². The van der Waals surface area contributed by atoms with Gasteiger partial charge in [0.15, 0.2) is 0 Å². The van der Waals surface area contributed by atoms with E-state index in [0.717, 1.165) is 29.6 Å². The van der Waals surface area contributed by atoms with Gasteiger partial charge >= 0.3 is 5.69 Å². The van der Waals surface area contributed by atoms with Crippen LogP contribution in [0.4, 0.5) is 17.5 Å². The van der Waals surface area contributed by atoms with Crippen molar-refractivity contribution >= 4 is 17.5 Å². The van der Waals surface area contributed by atoms with Crippen LogP contribution in [0.25, 0.3) is 0 Å². The Morgan fingerprint density at radius 2 is 2.18 bits per heavy atom. The third-order valence-corrected chi connectivity index (χ3v) is 3.62. The van der Waals surface area contributed by atoms with Crippen molar-refractivity contribution < 1.29 is 4.92 Å². The lowest BCUT2D eigenvalue weighted by Gasteiger charge is -2.17. The molecule has 3 N–H and O–H groups in total. The fraction of sp³-hybridized carbons (Fsp3) is 0.462. The minimum absolute atomic E-state index is 0.0467. The van der Waals surface area contributed by atoms with E-state index in [-0.39, 0.29) is 23.5 Å². The summed E-state index contributed by atoms with van der Waals surface area (Å²) in [5.74, 6) is 0.106. The predicted molar refractivity (Wildman–Crippen MR) is 82.4 cm³/mol. The number of nitrogens with one attached hydrogen (secondary N) is 1. The molecule has 0 aliphatic carbocycles. The lowest BCUT2D eigenvalue weighted by Crippen LogP contribution is -2.14. The van der Waals surface area contributed by atoms with Crippen LogP contribution in [-0.4, -0.2) is 24.7 Å². The molecule has 0 saturated carbocycles. The molecule has 0 aliphatic heterocycles. The van der Waals surface area contributed by atoms with Gasteiger partial charge in [0.1, 0.15) is 6.20 Å². The van der Waals surface area contributed by atoms with Gasteiger partial charge < -0.3 is 11.1 Å². The van der Waals surface area contributed by atoms with Gasteiger partial charge in [0.25, 0.3) is 0 Å². The molecule has 0 bridgehead atoms. The molecule has 0 aliphatic rings. The summed E-state index contributed by atoms with van der Waals surface area (Å²) in [5.41, 5.74) is 8.34. The number of aryl methyl sites for hydroxylation is 2. The number of nitro groups is 1. The Bertz CT molecular complexity index is 711. The van der Waals surface area contributed by atoms with Crippen molar-refractivity contribution in [2.45, 2.75) is 33.2 Å². The molecule has 1 atom stereocenters. The topological polar surface area (TPSA) is 125 Å². The minimum Gasteiger partial charge on any atom is -0.378 e. The molecule has 2 rings (SSSR count). The summed E-state index contributed by atoms with van der Waals surface area (Å²) in [6.07, 6.45) is 1.90. The molecule has 9 heteroatoms. The number of rotatable bonds is 5. The second-order valence-corrected chi connectivity index (χ2v) is 5.03. The van der Waals surface area contributed by atoms with Crippen molar-refractivity contribution in [1.82, 2.24) is 19.7 Å². The van der Waals surface area contributed by atoms with E-state index >= 15 is 0 Å². The highest BCUT2D eigenvalue weighted by molar-refractivity contribution is 5.53. The molecule has 2 aromatic heterocycles. The van der Waals surface area contributed by atoms with Crippen LogP contribution in [0.15, 0.2) is 6.20 Å². The number of nitrogen functional groups attached to an aromatic ring is 1. The number of nitrogens with zero attached hydrogens (tertiary/aromatic N) is 5. The molecule has 0 fully saturated rings. The van der Waals surface area contributed by atoms with Crippen molar-refractivity contribution in [1.29, 1.82) is 0 Å². The van der Waals surface area contributed by atoms with Gasteiger partial charge in [-0.25, -0.2) is 4.98 Å². The van der Waals surface area contributed by atoms with Crippen molar-refractivity contribution in [3.8, 4) is 0 Å². The van der Waals surface area contributed by atoms with E-state index < -0.39 is 4.92 Å². The normalized spacial score (nSPS) is 12.2. The zero-order valence-electron chi connectivity index (χ0n) is 13.0. The maximum absolute atomic E-state index is 10.7. The molecular formula is C13H19N7O2. The third kappa shape index (κ3) is 2.83. The Morgan fingerprint density at radius 3 is 2.64 bits per heavy atom. The molecular weight excluding hydrogens is 286 g/mol. The number of aromatic nitrogens is 4. The quantitative estimate of drug-likeness (QED) is 0.638. The molecule has 22 heavy (non-hydrogen) atoms. The monoisotopic (exact) mass is 305 g/mol. The maximum Gasteiger partial charge on any atom is 0.329 e. The summed E-state index contributed by atoms with van der Waals surface area (Å²) in [6.45, 7) is 5.96. The van der Waals surface area contributed by atoms with E-state index in [1.54, 1.807) is 0 Å². The van der Waals surface area contributed by atoms with Gasteiger partial charge in [0.2, 0.25) is 11.8 Å². The summed E-state index contributed by atoms with van der Waals surface area (Å²) in [5, 5.41) is 18.3. The highest BCUT2D eigenvalue weighted by Crippen LogP contribution is 2.27. The Kier molecular flexibility index (Phi) is 4.25. The van der Waals surface area contributed by atoms with E-state index in [2.05, 4.69) is 20.4 Å². The van der Waals surface area contributed by atoms with Gasteiger partial charge in [-0.3, -0.25) is 14.8 Å². The first kappa shape index (κ1) is 15.7. The fourth-order valence-corrected chi connectivity index (χ4v) is 2.43. The van der Waals surface area contributed by atoms with Crippen LogP contribution < -0.4 is 11.1 Å². The minimum atomic E-state index is -0.605. The number of hydrogen-bond acceptors (Lipinski definition) is 7. The molecule has 1 unspecified atom stereocenters. The second-order valence-electron chi connectivity index (χ2n) is 5.03. The van der Waals surface area contributed by atoms with Crippen molar-refractivity contribution in [3.05, 3.63) is 33.3 Å². The molecule has 0 radical (unpaired) electrons. The average Bonchev–Trinajstić information content (AvgIpc) is 2.69. The van der Waals surface area contributed by atoms with Crippen LogP contribution in [-0.2, 0) is 7.05 Å². The first-order valence-corrected chi connectivity index (χ1v) is 6.88. The van der Waals surface area contributed by atoms with Crippen LogP contribution in [0.2, 0.25) is 0 Å². The highest BCUT2D eigenvalue weighted by Gasteiger charge is 2.21. The van der Waals surface area contributed by atoms with Crippen LogP contribution in [0, 0.1) is 24.0 Å². The smallest absolute Gasteiger partial charge is 0.329 e. The summed E-state index contributed by atoms with van der Waals surface area (Å²) < 4.78 is 1.82. The SMILES string of the molecule is CCC(Nc1ncc([N+](=O)[O-])c(N)n1)c1c(C)nn(C)c1C. The van der Waals surface area contributed by atoms with Crippen LogP contribution in [0.5, 0.6) is 0 Å². The highest BCUT2D eigenvalue weighted by atomic mass is 16.6. The lowest BCUT2D eigenvalue weighted by molar-refractivity contribution is -0.384. The van der Waals surface area contributed by atoms with E-state index in [4.69, 9.17) is 5.73 Å². The van der Waals surface area contributed by atoms with Crippen molar-refractivity contribution in [3.63, 3.8) is 0 Å². The summed E-state index contributed by atoms with van der Waals surface area (Å²) in [6, 6.07) is -0.0467. The number of anilines is 2. The Morgan fingerprint density at radius 1 is 1.50 bits per heavy atom. The molecule has 0 aromatic carbocycles. The average molecular weight is 305 g/mol. The first-order valence-electron chi connectivity index (χ1n) is 6.88. The van der Waals surface area contributed by atoms with Crippen molar-refractivity contribution in [2.24, 2.45) is 7.05 Å². The van der Waals surface area contributed by atoms with Crippen LogP contribution in [0.1, 0.15) is 36.3 Å².